The first kappa shape index (κ1) is 20.8. The Morgan fingerprint density at radius 2 is 1.97 bits per heavy atom. The van der Waals surface area contributed by atoms with Gasteiger partial charge in [-0.05, 0) is 43.1 Å². The van der Waals surface area contributed by atoms with Crippen molar-refractivity contribution < 1.29 is 14.5 Å². The van der Waals surface area contributed by atoms with Crippen molar-refractivity contribution in [1.29, 1.82) is 0 Å². The lowest BCUT2D eigenvalue weighted by molar-refractivity contribution is -0.384. The summed E-state index contributed by atoms with van der Waals surface area (Å²) >= 11 is 6.01. The fourth-order valence-electron chi connectivity index (χ4n) is 3.38. The molecule has 1 unspecified atom stereocenters. The number of nitro groups is 1. The van der Waals surface area contributed by atoms with Crippen LogP contribution in [0.4, 0.5) is 11.4 Å². The summed E-state index contributed by atoms with van der Waals surface area (Å²) in [6.07, 6.45) is 1.77. The number of hydrogen-bond acceptors (Lipinski definition) is 5. The quantitative estimate of drug-likeness (QED) is 0.553. The molecule has 1 heterocycles. The standard InChI is InChI=1S/C20H21ClN4O4/c21-18-8-7-16(25(28)29)10-17(18)20(27)23-15-5-3-13(4-6-15)11-24-9-1-2-14(12-24)19(22)26/h3-8,10,14H,1-2,9,11-12H2,(H2,22,26)(H,23,27). The van der Waals surface area contributed by atoms with Gasteiger partial charge in [-0.3, -0.25) is 24.6 Å². The summed E-state index contributed by atoms with van der Waals surface area (Å²) in [4.78, 5) is 36.4. The molecular formula is C20H21ClN4O4. The van der Waals surface area contributed by atoms with E-state index in [-0.39, 0.29) is 28.1 Å². The van der Waals surface area contributed by atoms with Gasteiger partial charge in [0.1, 0.15) is 0 Å². The van der Waals surface area contributed by atoms with Crippen LogP contribution in [0.1, 0.15) is 28.8 Å². The number of nitro benzene ring substituents is 1. The summed E-state index contributed by atoms with van der Waals surface area (Å²) in [7, 11) is 0. The maximum Gasteiger partial charge on any atom is 0.270 e. The number of halogens is 1. The Morgan fingerprint density at radius 1 is 1.24 bits per heavy atom. The molecule has 8 nitrogen and oxygen atoms in total. The number of nitrogens with one attached hydrogen (secondary N) is 1. The van der Waals surface area contributed by atoms with Gasteiger partial charge in [0.2, 0.25) is 5.91 Å². The van der Waals surface area contributed by atoms with Crippen LogP contribution in [0.5, 0.6) is 0 Å². The number of non-ortho nitro benzene ring substituents is 1. The van der Waals surface area contributed by atoms with Crippen molar-refractivity contribution in [2.24, 2.45) is 11.7 Å². The Labute approximate surface area is 172 Å². The van der Waals surface area contributed by atoms with E-state index in [1.165, 1.54) is 12.1 Å². The Balaban J connectivity index is 1.63. The third kappa shape index (κ3) is 5.30. The molecule has 0 radical (unpaired) electrons. The minimum absolute atomic E-state index is 0.0377. The van der Waals surface area contributed by atoms with E-state index in [4.69, 9.17) is 17.3 Å². The second-order valence-corrected chi connectivity index (χ2v) is 7.46. The number of anilines is 1. The molecule has 0 bridgehead atoms. The van der Waals surface area contributed by atoms with Crippen LogP contribution in [0.3, 0.4) is 0 Å². The highest BCUT2D eigenvalue weighted by Gasteiger charge is 2.23. The molecule has 3 rings (SSSR count). The van der Waals surface area contributed by atoms with E-state index in [2.05, 4.69) is 10.2 Å². The van der Waals surface area contributed by atoms with E-state index in [0.717, 1.165) is 31.0 Å². The van der Waals surface area contributed by atoms with Gasteiger partial charge in [0.05, 0.1) is 21.4 Å². The number of primary amides is 1. The van der Waals surface area contributed by atoms with Crippen LogP contribution in [-0.2, 0) is 11.3 Å². The zero-order valence-corrected chi connectivity index (χ0v) is 16.4. The van der Waals surface area contributed by atoms with Gasteiger partial charge in [-0.2, -0.15) is 0 Å². The third-order valence-electron chi connectivity index (χ3n) is 4.93. The van der Waals surface area contributed by atoms with Crippen LogP contribution >= 0.6 is 11.6 Å². The number of nitrogens with two attached hydrogens (primary N) is 1. The molecule has 2 aromatic carbocycles. The number of piperidine rings is 1. The van der Waals surface area contributed by atoms with Gasteiger partial charge in [-0.25, -0.2) is 0 Å². The van der Waals surface area contributed by atoms with Crippen LogP contribution in [0, 0.1) is 16.0 Å². The summed E-state index contributed by atoms with van der Waals surface area (Å²) in [5.41, 5.74) is 6.85. The molecule has 2 aromatic rings. The highest BCUT2D eigenvalue weighted by molar-refractivity contribution is 6.34. The molecule has 0 aliphatic carbocycles. The number of likely N-dealkylation sites (tertiary alicyclic amines) is 1. The summed E-state index contributed by atoms with van der Waals surface area (Å²) < 4.78 is 0. The predicted molar refractivity (Wildman–Crippen MR) is 110 cm³/mol. The van der Waals surface area contributed by atoms with E-state index >= 15 is 0 Å². The average Bonchev–Trinajstić information content (AvgIpc) is 2.69. The average molecular weight is 417 g/mol. The Kier molecular flexibility index (Phi) is 6.46. The molecule has 0 aromatic heterocycles. The van der Waals surface area contributed by atoms with Crippen LogP contribution in [0.15, 0.2) is 42.5 Å². The molecule has 1 fully saturated rings. The van der Waals surface area contributed by atoms with Crippen molar-refractivity contribution >= 4 is 34.8 Å². The minimum Gasteiger partial charge on any atom is -0.369 e. The first-order valence-electron chi connectivity index (χ1n) is 9.19. The van der Waals surface area contributed by atoms with Crippen molar-refractivity contribution in [2.75, 3.05) is 18.4 Å². The van der Waals surface area contributed by atoms with E-state index < -0.39 is 10.8 Å². The van der Waals surface area contributed by atoms with Crippen molar-refractivity contribution in [3.63, 3.8) is 0 Å². The van der Waals surface area contributed by atoms with E-state index in [0.29, 0.717) is 18.8 Å². The molecule has 152 valence electrons. The smallest absolute Gasteiger partial charge is 0.270 e. The third-order valence-corrected chi connectivity index (χ3v) is 5.26. The lowest BCUT2D eigenvalue weighted by Crippen LogP contribution is -2.40. The number of carbonyl (C=O) groups excluding carboxylic acids is 2. The van der Waals surface area contributed by atoms with Crippen LogP contribution < -0.4 is 11.1 Å². The largest absolute Gasteiger partial charge is 0.369 e. The fourth-order valence-corrected chi connectivity index (χ4v) is 3.59. The molecule has 1 atom stereocenters. The molecule has 29 heavy (non-hydrogen) atoms. The lowest BCUT2D eigenvalue weighted by atomic mass is 9.97. The van der Waals surface area contributed by atoms with Crippen molar-refractivity contribution in [3.05, 3.63) is 68.7 Å². The summed E-state index contributed by atoms with van der Waals surface area (Å²) in [6, 6.07) is 11.0. The lowest BCUT2D eigenvalue weighted by Gasteiger charge is -2.31. The van der Waals surface area contributed by atoms with Gasteiger partial charge in [0.15, 0.2) is 0 Å². The maximum absolute atomic E-state index is 12.4. The molecule has 2 amide bonds. The fraction of sp³-hybridized carbons (Fsp3) is 0.300. The molecule has 3 N–H and O–H groups in total. The molecular weight excluding hydrogens is 396 g/mol. The maximum atomic E-state index is 12.4. The van der Waals surface area contributed by atoms with E-state index in [1.807, 2.05) is 12.1 Å². The molecule has 1 aliphatic heterocycles. The summed E-state index contributed by atoms with van der Waals surface area (Å²) in [6.45, 7) is 2.25. The topological polar surface area (TPSA) is 119 Å². The van der Waals surface area contributed by atoms with Crippen molar-refractivity contribution in [2.45, 2.75) is 19.4 Å². The van der Waals surface area contributed by atoms with Gasteiger partial charge < -0.3 is 11.1 Å². The number of nitrogens with zero attached hydrogens (tertiary/aromatic N) is 2. The molecule has 0 saturated carbocycles. The second kappa shape index (κ2) is 9.02. The van der Waals surface area contributed by atoms with Gasteiger partial charge >= 0.3 is 0 Å². The van der Waals surface area contributed by atoms with Gasteiger partial charge in [0.25, 0.3) is 11.6 Å². The Morgan fingerprint density at radius 3 is 2.62 bits per heavy atom. The van der Waals surface area contributed by atoms with Crippen molar-refractivity contribution in [3.8, 4) is 0 Å². The van der Waals surface area contributed by atoms with Gasteiger partial charge in [-0.15, -0.1) is 0 Å². The highest BCUT2D eigenvalue weighted by Crippen LogP contribution is 2.24. The number of rotatable bonds is 6. The van der Waals surface area contributed by atoms with Crippen LogP contribution in [-0.4, -0.2) is 34.7 Å². The van der Waals surface area contributed by atoms with Crippen LogP contribution in [0.2, 0.25) is 5.02 Å². The van der Waals surface area contributed by atoms with Crippen LogP contribution in [0.25, 0.3) is 0 Å². The first-order chi connectivity index (χ1) is 13.8. The normalized spacial score (nSPS) is 16.9. The number of amides is 2. The molecule has 9 heteroatoms. The zero-order valence-electron chi connectivity index (χ0n) is 15.6. The number of hydrogen-bond donors (Lipinski definition) is 2. The van der Waals surface area contributed by atoms with Gasteiger partial charge in [0, 0.05) is 30.9 Å². The van der Waals surface area contributed by atoms with E-state index in [9.17, 15) is 19.7 Å². The van der Waals surface area contributed by atoms with Gasteiger partial charge in [-0.1, -0.05) is 23.7 Å². The molecule has 0 spiro atoms. The summed E-state index contributed by atoms with van der Waals surface area (Å²) in [5.74, 6) is -0.888. The second-order valence-electron chi connectivity index (χ2n) is 7.05. The minimum atomic E-state index is -0.578. The number of carbonyl (C=O) groups is 2. The predicted octanol–water partition coefficient (Wildman–Crippen LogP) is 3.20. The zero-order chi connectivity index (χ0) is 21.0. The highest BCUT2D eigenvalue weighted by atomic mass is 35.5. The monoisotopic (exact) mass is 416 g/mol. The first-order valence-corrected chi connectivity index (χ1v) is 9.57. The summed E-state index contributed by atoms with van der Waals surface area (Å²) in [5, 5.41) is 13.7. The van der Waals surface area contributed by atoms with Crippen molar-refractivity contribution in [1.82, 2.24) is 4.90 Å². The van der Waals surface area contributed by atoms with E-state index in [1.54, 1.807) is 12.1 Å². The molecule has 1 saturated heterocycles. The Hall–Kier alpha value is -2.97. The Bertz CT molecular complexity index is 933. The SMILES string of the molecule is NC(=O)C1CCCN(Cc2ccc(NC(=O)c3cc([N+](=O)[O-])ccc3Cl)cc2)C1. The number of benzene rings is 2. The molecule has 1 aliphatic rings.